The Morgan fingerprint density at radius 1 is 1.44 bits per heavy atom. The highest BCUT2D eigenvalue weighted by Gasteiger charge is 2.23. The lowest BCUT2D eigenvalue weighted by Crippen LogP contribution is -2.27. The first-order valence-corrected chi connectivity index (χ1v) is 5.17. The van der Waals surface area contributed by atoms with Crippen molar-refractivity contribution in [3.63, 3.8) is 0 Å². The highest BCUT2D eigenvalue weighted by molar-refractivity contribution is 6.31. The number of ether oxygens (including phenoxy) is 2. The Labute approximate surface area is 99.3 Å². The number of methoxy groups -OCH3 is 1. The summed E-state index contributed by atoms with van der Waals surface area (Å²) in [4.78, 5) is 10.7. The number of primary amides is 1. The first-order valence-electron chi connectivity index (χ1n) is 4.79. The van der Waals surface area contributed by atoms with Crippen LogP contribution >= 0.6 is 11.6 Å². The van der Waals surface area contributed by atoms with Gasteiger partial charge in [0.15, 0.2) is 0 Å². The molecule has 0 bridgehead atoms. The highest BCUT2D eigenvalue weighted by Crippen LogP contribution is 2.28. The molecule has 1 amide bonds. The van der Waals surface area contributed by atoms with Gasteiger partial charge in [-0.1, -0.05) is 29.8 Å². The van der Waals surface area contributed by atoms with E-state index < -0.39 is 18.3 Å². The van der Waals surface area contributed by atoms with Crippen LogP contribution in [0.3, 0.4) is 0 Å². The predicted octanol–water partition coefficient (Wildman–Crippen LogP) is 2.51. The Morgan fingerprint density at radius 3 is 2.56 bits per heavy atom. The number of amides is 1. The lowest BCUT2D eigenvalue weighted by molar-refractivity contribution is -0.0120. The number of carbonyl (C=O) groups is 1. The molecule has 1 aromatic carbocycles. The molecule has 0 aliphatic rings. The van der Waals surface area contributed by atoms with E-state index in [1.165, 1.54) is 7.11 Å². The van der Waals surface area contributed by atoms with Crippen molar-refractivity contribution in [1.82, 2.24) is 0 Å². The molecule has 4 nitrogen and oxygen atoms in total. The Hall–Kier alpha value is -1.26. The molecule has 2 unspecified atom stereocenters. The van der Waals surface area contributed by atoms with Crippen LogP contribution < -0.4 is 5.73 Å². The minimum atomic E-state index is -0.832. The lowest BCUT2D eigenvalue weighted by atomic mass is 10.1. The van der Waals surface area contributed by atoms with Crippen molar-refractivity contribution in [3.8, 4) is 0 Å². The van der Waals surface area contributed by atoms with Gasteiger partial charge >= 0.3 is 6.09 Å². The van der Waals surface area contributed by atoms with Crippen LogP contribution in [-0.2, 0) is 9.47 Å². The van der Waals surface area contributed by atoms with Gasteiger partial charge in [-0.3, -0.25) is 0 Å². The molecule has 0 aromatic heterocycles. The van der Waals surface area contributed by atoms with Crippen LogP contribution in [-0.4, -0.2) is 19.3 Å². The predicted molar refractivity (Wildman–Crippen MR) is 61.3 cm³/mol. The molecule has 1 rings (SSSR count). The Bertz CT molecular complexity index is 370. The minimum absolute atomic E-state index is 0.429. The highest BCUT2D eigenvalue weighted by atomic mass is 35.5. The zero-order chi connectivity index (χ0) is 12.1. The van der Waals surface area contributed by atoms with E-state index in [0.29, 0.717) is 5.02 Å². The SMILES string of the molecule is COC(c1ccccc1Cl)C(C)OC(N)=O. The van der Waals surface area contributed by atoms with Gasteiger partial charge in [-0.05, 0) is 13.0 Å². The number of hydrogen-bond donors (Lipinski definition) is 1. The third-order valence-corrected chi connectivity index (χ3v) is 2.54. The first-order chi connectivity index (χ1) is 7.56. The number of carbonyl (C=O) groups excluding carboxylic acids is 1. The largest absolute Gasteiger partial charge is 0.444 e. The Balaban J connectivity index is 2.90. The summed E-state index contributed by atoms with van der Waals surface area (Å²) in [5.74, 6) is 0. The smallest absolute Gasteiger partial charge is 0.404 e. The molecule has 0 saturated heterocycles. The topological polar surface area (TPSA) is 61.6 Å². The first kappa shape index (κ1) is 12.8. The van der Waals surface area contributed by atoms with Gasteiger partial charge in [0.2, 0.25) is 0 Å². The van der Waals surface area contributed by atoms with Gasteiger partial charge in [-0.15, -0.1) is 0 Å². The lowest BCUT2D eigenvalue weighted by Gasteiger charge is -2.23. The molecule has 0 spiro atoms. The van der Waals surface area contributed by atoms with Gasteiger partial charge in [0.25, 0.3) is 0 Å². The molecule has 2 N–H and O–H groups in total. The van der Waals surface area contributed by atoms with E-state index in [-0.39, 0.29) is 0 Å². The van der Waals surface area contributed by atoms with Gasteiger partial charge < -0.3 is 15.2 Å². The second-order valence-electron chi connectivity index (χ2n) is 3.32. The molecule has 1 aromatic rings. The van der Waals surface area contributed by atoms with Gasteiger partial charge in [0.05, 0.1) is 0 Å². The molecule has 5 heteroatoms. The van der Waals surface area contributed by atoms with Crippen LogP contribution in [0.25, 0.3) is 0 Å². The minimum Gasteiger partial charge on any atom is -0.444 e. The summed E-state index contributed by atoms with van der Waals surface area (Å²) in [6.07, 6.45) is -1.76. The molecule has 0 aliphatic heterocycles. The standard InChI is InChI=1S/C11H14ClNO3/c1-7(16-11(13)14)10(15-2)8-5-3-4-6-9(8)12/h3-7,10H,1-2H3,(H2,13,14). The van der Waals surface area contributed by atoms with E-state index in [0.717, 1.165) is 5.56 Å². The van der Waals surface area contributed by atoms with Crippen LogP contribution in [0, 0.1) is 0 Å². The zero-order valence-corrected chi connectivity index (χ0v) is 9.90. The van der Waals surface area contributed by atoms with Crippen molar-refractivity contribution < 1.29 is 14.3 Å². The van der Waals surface area contributed by atoms with Crippen LogP contribution in [0.2, 0.25) is 5.02 Å². The molecular formula is C11H14ClNO3. The van der Waals surface area contributed by atoms with E-state index in [1.54, 1.807) is 13.0 Å². The Morgan fingerprint density at radius 2 is 2.06 bits per heavy atom. The van der Waals surface area contributed by atoms with E-state index >= 15 is 0 Å². The van der Waals surface area contributed by atoms with Gasteiger partial charge in [0, 0.05) is 17.7 Å². The van der Waals surface area contributed by atoms with E-state index in [1.807, 2.05) is 18.2 Å². The zero-order valence-electron chi connectivity index (χ0n) is 9.14. The summed E-state index contributed by atoms with van der Waals surface area (Å²) in [5.41, 5.74) is 5.72. The molecule has 0 heterocycles. The summed E-state index contributed by atoms with van der Waals surface area (Å²) in [6.45, 7) is 1.70. The van der Waals surface area contributed by atoms with Crippen molar-refractivity contribution in [2.75, 3.05) is 7.11 Å². The fraction of sp³-hybridized carbons (Fsp3) is 0.364. The quantitative estimate of drug-likeness (QED) is 0.884. The van der Waals surface area contributed by atoms with Gasteiger partial charge in [-0.25, -0.2) is 4.79 Å². The van der Waals surface area contributed by atoms with Crippen molar-refractivity contribution >= 4 is 17.7 Å². The normalized spacial score (nSPS) is 14.2. The third kappa shape index (κ3) is 3.12. The van der Waals surface area contributed by atoms with Crippen molar-refractivity contribution in [1.29, 1.82) is 0 Å². The molecule has 16 heavy (non-hydrogen) atoms. The van der Waals surface area contributed by atoms with Crippen molar-refractivity contribution in [3.05, 3.63) is 34.9 Å². The number of hydrogen-bond acceptors (Lipinski definition) is 3. The van der Waals surface area contributed by atoms with Gasteiger partial charge in [0.1, 0.15) is 12.2 Å². The second-order valence-corrected chi connectivity index (χ2v) is 3.73. The van der Waals surface area contributed by atoms with Crippen LogP contribution in [0.4, 0.5) is 4.79 Å². The average Bonchev–Trinajstić information content (AvgIpc) is 2.20. The van der Waals surface area contributed by atoms with Crippen LogP contribution in [0.15, 0.2) is 24.3 Å². The molecule has 0 saturated carbocycles. The van der Waals surface area contributed by atoms with E-state index in [4.69, 9.17) is 26.8 Å². The number of halogens is 1. The van der Waals surface area contributed by atoms with Gasteiger partial charge in [-0.2, -0.15) is 0 Å². The van der Waals surface area contributed by atoms with Crippen molar-refractivity contribution in [2.24, 2.45) is 5.73 Å². The molecule has 88 valence electrons. The number of benzene rings is 1. The fourth-order valence-electron chi connectivity index (χ4n) is 1.52. The summed E-state index contributed by atoms with van der Waals surface area (Å²) in [6, 6.07) is 7.22. The maximum atomic E-state index is 10.7. The van der Waals surface area contributed by atoms with Crippen LogP contribution in [0.1, 0.15) is 18.6 Å². The fourth-order valence-corrected chi connectivity index (χ4v) is 1.77. The maximum Gasteiger partial charge on any atom is 0.404 e. The number of nitrogens with two attached hydrogens (primary N) is 1. The maximum absolute atomic E-state index is 10.7. The second kappa shape index (κ2) is 5.72. The summed E-state index contributed by atoms with van der Waals surface area (Å²) in [5, 5.41) is 0.564. The molecule has 2 atom stereocenters. The van der Waals surface area contributed by atoms with Crippen molar-refractivity contribution in [2.45, 2.75) is 19.1 Å². The molecule has 0 radical (unpaired) electrons. The molecule has 0 fully saturated rings. The monoisotopic (exact) mass is 243 g/mol. The molecule has 0 aliphatic carbocycles. The Kier molecular flexibility index (Phi) is 4.58. The summed E-state index contributed by atoms with van der Waals surface area (Å²) >= 11 is 6.03. The summed E-state index contributed by atoms with van der Waals surface area (Å²) in [7, 11) is 1.52. The van der Waals surface area contributed by atoms with E-state index in [9.17, 15) is 4.79 Å². The number of rotatable bonds is 4. The molecular weight excluding hydrogens is 230 g/mol. The average molecular weight is 244 g/mol. The third-order valence-electron chi connectivity index (χ3n) is 2.19. The van der Waals surface area contributed by atoms with Crippen LogP contribution in [0.5, 0.6) is 0 Å². The summed E-state index contributed by atoms with van der Waals surface area (Å²) < 4.78 is 10.1. The van der Waals surface area contributed by atoms with E-state index in [2.05, 4.69) is 0 Å².